The molecule has 0 radical (unpaired) electrons. The first-order valence-corrected chi connectivity index (χ1v) is 6.36. The van der Waals surface area contributed by atoms with Crippen molar-refractivity contribution in [3.63, 3.8) is 0 Å². The van der Waals surface area contributed by atoms with Crippen molar-refractivity contribution >= 4 is 11.8 Å². The fraction of sp³-hybridized carbons (Fsp3) is 0.833. The Morgan fingerprint density at radius 3 is 2.06 bits per heavy atom. The minimum Gasteiger partial charge on any atom is -0.382 e. The zero-order valence-electron chi connectivity index (χ0n) is 10.9. The number of hydrogen-bond donors (Lipinski definition) is 2. The first kappa shape index (κ1) is 15.9. The van der Waals surface area contributed by atoms with Gasteiger partial charge in [-0.05, 0) is 19.8 Å². The van der Waals surface area contributed by atoms with E-state index in [0.717, 1.165) is 25.7 Å². The van der Waals surface area contributed by atoms with Crippen LogP contribution in [0.25, 0.3) is 0 Å². The fourth-order valence-electron chi connectivity index (χ4n) is 1.26. The van der Waals surface area contributed by atoms with E-state index < -0.39 is 11.8 Å². The van der Waals surface area contributed by atoms with Gasteiger partial charge in [-0.25, -0.2) is 0 Å². The van der Waals surface area contributed by atoms with Crippen LogP contribution in [0.4, 0.5) is 0 Å². The molecule has 100 valence electrons. The monoisotopic (exact) mass is 244 g/mol. The standard InChI is InChI=1S/C12H24N2O3/c1-3-5-6-8-13-11(15)12(16)14-9-7-10-17-4-2/h3-10H2,1-2H3,(H,13,15)(H,14,16). The molecular formula is C12H24N2O3. The van der Waals surface area contributed by atoms with Crippen LogP contribution in [0.3, 0.4) is 0 Å². The van der Waals surface area contributed by atoms with Gasteiger partial charge in [-0.15, -0.1) is 0 Å². The van der Waals surface area contributed by atoms with Crippen molar-refractivity contribution in [2.24, 2.45) is 0 Å². The van der Waals surface area contributed by atoms with Crippen molar-refractivity contribution in [2.75, 3.05) is 26.3 Å². The Hall–Kier alpha value is -1.10. The Balaban J connectivity index is 3.44. The van der Waals surface area contributed by atoms with Gasteiger partial charge in [0.15, 0.2) is 0 Å². The lowest BCUT2D eigenvalue weighted by Gasteiger charge is -2.06. The predicted octanol–water partition coefficient (Wildman–Crippen LogP) is 0.836. The van der Waals surface area contributed by atoms with Crippen LogP contribution in [-0.4, -0.2) is 38.1 Å². The topological polar surface area (TPSA) is 67.4 Å². The molecular weight excluding hydrogens is 220 g/mol. The Kier molecular flexibility index (Phi) is 10.7. The Morgan fingerprint density at radius 2 is 1.53 bits per heavy atom. The molecule has 5 heteroatoms. The van der Waals surface area contributed by atoms with E-state index in [1.54, 1.807) is 0 Å². The molecule has 0 aromatic rings. The SMILES string of the molecule is CCCCCNC(=O)C(=O)NCCCOCC. The maximum atomic E-state index is 11.3. The zero-order chi connectivity index (χ0) is 12.9. The van der Waals surface area contributed by atoms with Gasteiger partial charge in [0.25, 0.3) is 0 Å². The number of nitrogens with one attached hydrogen (secondary N) is 2. The second kappa shape index (κ2) is 11.4. The van der Waals surface area contributed by atoms with Crippen molar-refractivity contribution in [1.82, 2.24) is 10.6 Å². The van der Waals surface area contributed by atoms with Crippen molar-refractivity contribution < 1.29 is 14.3 Å². The van der Waals surface area contributed by atoms with Crippen LogP contribution < -0.4 is 10.6 Å². The molecule has 0 aliphatic carbocycles. The normalized spacial score (nSPS) is 10.0. The van der Waals surface area contributed by atoms with E-state index in [2.05, 4.69) is 17.6 Å². The first-order chi connectivity index (χ1) is 8.22. The van der Waals surface area contributed by atoms with E-state index in [-0.39, 0.29) is 0 Å². The van der Waals surface area contributed by atoms with E-state index in [0.29, 0.717) is 26.3 Å². The van der Waals surface area contributed by atoms with Gasteiger partial charge in [-0.2, -0.15) is 0 Å². The van der Waals surface area contributed by atoms with Gasteiger partial charge in [-0.3, -0.25) is 9.59 Å². The van der Waals surface area contributed by atoms with Crippen LogP contribution in [0.5, 0.6) is 0 Å². The highest BCUT2D eigenvalue weighted by Crippen LogP contribution is 1.90. The Labute approximate surface area is 103 Å². The first-order valence-electron chi connectivity index (χ1n) is 6.36. The lowest BCUT2D eigenvalue weighted by molar-refractivity contribution is -0.139. The molecule has 17 heavy (non-hydrogen) atoms. The molecule has 0 spiro atoms. The van der Waals surface area contributed by atoms with Gasteiger partial charge in [0.1, 0.15) is 0 Å². The average Bonchev–Trinajstić information content (AvgIpc) is 2.34. The molecule has 0 atom stereocenters. The summed E-state index contributed by atoms with van der Waals surface area (Å²) in [5.74, 6) is -1.10. The van der Waals surface area contributed by atoms with Crippen molar-refractivity contribution in [3.8, 4) is 0 Å². The number of hydrogen-bond acceptors (Lipinski definition) is 3. The zero-order valence-corrected chi connectivity index (χ0v) is 10.9. The molecule has 0 aliphatic rings. The third kappa shape index (κ3) is 9.81. The number of ether oxygens (including phenoxy) is 1. The lowest BCUT2D eigenvalue weighted by atomic mass is 10.2. The smallest absolute Gasteiger partial charge is 0.309 e. The maximum absolute atomic E-state index is 11.3. The summed E-state index contributed by atoms with van der Waals surface area (Å²) in [6, 6.07) is 0. The predicted molar refractivity (Wildman–Crippen MR) is 66.7 cm³/mol. The van der Waals surface area contributed by atoms with Crippen LogP contribution >= 0.6 is 0 Å². The molecule has 0 heterocycles. The molecule has 0 unspecified atom stereocenters. The highest BCUT2D eigenvalue weighted by Gasteiger charge is 2.11. The lowest BCUT2D eigenvalue weighted by Crippen LogP contribution is -2.40. The molecule has 0 aromatic carbocycles. The number of amides is 2. The Bertz CT molecular complexity index is 220. The molecule has 0 saturated carbocycles. The summed E-state index contributed by atoms with van der Waals surface area (Å²) in [4.78, 5) is 22.5. The largest absolute Gasteiger partial charge is 0.382 e. The van der Waals surface area contributed by atoms with Gasteiger partial charge in [0.05, 0.1) is 0 Å². The molecule has 0 aromatic heterocycles. The summed E-state index contributed by atoms with van der Waals surface area (Å²) < 4.78 is 5.12. The van der Waals surface area contributed by atoms with Crippen LogP contribution in [0, 0.1) is 0 Å². The molecule has 0 saturated heterocycles. The Morgan fingerprint density at radius 1 is 0.941 bits per heavy atom. The van der Waals surface area contributed by atoms with Gasteiger partial charge in [0, 0.05) is 26.3 Å². The van der Waals surface area contributed by atoms with Crippen LogP contribution in [0.15, 0.2) is 0 Å². The number of unbranched alkanes of at least 4 members (excludes halogenated alkanes) is 2. The third-order valence-corrected chi connectivity index (χ3v) is 2.23. The van der Waals surface area contributed by atoms with Crippen LogP contribution in [0.2, 0.25) is 0 Å². The second-order valence-electron chi connectivity index (χ2n) is 3.77. The quantitative estimate of drug-likeness (QED) is 0.466. The summed E-state index contributed by atoms with van der Waals surface area (Å²) in [6.07, 6.45) is 3.80. The molecule has 2 amide bonds. The molecule has 0 rings (SSSR count). The van der Waals surface area contributed by atoms with Crippen LogP contribution in [-0.2, 0) is 14.3 Å². The minimum absolute atomic E-state index is 0.473. The summed E-state index contributed by atoms with van der Waals surface area (Å²) in [7, 11) is 0. The summed E-state index contributed by atoms with van der Waals surface area (Å²) in [5, 5.41) is 5.14. The fourth-order valence-corrected chi connectivity index (χ4v) is 1.26. The van der Waals surface area contributed by atoms with Crippen LogP contribution in [0.1, 0.15) is 39.5 Å². The summed E-state index contributed by atoms with van der Waals surface area (Å²) in [6.45, 7) is 6.33. The molecule has 0 bridgehead atoms. The summed E-state index contributed by atoms with van der Waals surface area (Å²) >= 11 is 0. The van der Waals surface area contributed by atoms with Gasteiger partial charge in [0.2, 0.25) is 0 Å². The van der Waals surface area contributed by atoms with Gasteiger partial charge in [-0.1, -0.05) is 19.8 Å². The number of carbonyl (C=O) groups excluding carboxylic acids is 2. The highest BCUT2D eigenvalue weighted by atomic mass is 16.5. The molecule has 5 nitrogen and oxygen atoms in total. The maximum Gasteiger partial charge on any atom is 0.309 e. The van der Waals surface area contributed by atoms with Crippen molar-refractivity contribution in [3.05, 3.63) is 0 Å². The minimum atomic E-state index is -0.557. The van der Waals surface area contributed by atoms with E-state index in [4.69, 9.17) is 4.74 Å². The van der Waals surface area contributed by atoms with E-state index in [1.165, 1.54) is 0 Å². The number of carbonyl (C=O) groups is 2. The molecule has 0 fully saturated rings. The number of rotatable bonds is 9. The highest BCUT2D eigenvalue weighted by molar-refractivity contribution is 6.35. The van der Waals surface area contributed by atoms with Gasteiger partial charge >= 0.3 is 11.8 Å². The average molecular weight is 244 g/mol. The second-order valence-corrected chi connectivity index (χ2v) is 3.77. The van der Waals surface area contributed by atoms with E-state index >= 15 is 0 Å². The van der Waals surface area contributed by atoms with Crippen molar-refractivity contribution in [2.45, 2.75) is 39.5 Å². The van der Waals surface area contributed by atoms with Gasteiger partial charge < -0.3 is 15.4 Å². The molecule has 0 aliphatic heterocycles. The molecule has 2 N–H and O–H groups in total. The third-order valence-electron chi connectivity index (χ3n) is 2.23. The van der Waals surface area contributed by atoms with Crippen molar-refractivity contribution in [1.29, 1.82) is 0 Å². The van der Waals surface area contributed by atoms with E-state index in [9.17, 15) is 9.59 Å². The summed E-state index contributed by atoms with van der Waals surface area (Å²) in [5.41, 5.74) is 0. The van der Waals surface area contributed by atoms with E-state index in [1.807, 2.05) is 6.92 Å².